The molecule has 0 aliphatic heterocycles. The van der Waals surface area contributed by atoms with Crippen LogP contribution in [0, 0.1) is 5.41 Å². The van der Waals surface area contributed by atoms with Crippen molar-refractivity contribution in [2.75, 3.05) is 18.5 Å². The van der Waals surface area contributed by atoms with Crippen LogP contribution < -0.4 is 15.8 Å². The van der Waals surface area contributed by atoms with Crippen molar-refractivity contribution >= 4 is 11.6 Å². The average molecular weight is 280 g/mol. The van der Waals surface area contributed by atoms with Gasteiger partial charge in [0.15, 0.2) is 0 Å². The Bertz CT molecular complexity index is 456. The fourth-order valence-corrected chi connectivity index (χ4v) is 1.76. The molecule has 0 saturated carbocycles. The molecule has 1 unspecified atom stereocenters. The lowest BCUT2D eigenvalue weighted by molar-refractivity contribution is -0.124. The number of hydrogen-bond donors (Lipinski definition) is 3. The van der Waals surface area contributed by atoms with Crippen molar-refractivity contribution in [3.63, 3.8) is 0 Å². The standard InChI is InChI=1S/C15H24N2O3/c1-4-15(3,10-16)14(19)17-12-6-7-13(20-5-2)11(8-12)9-18/h6-8,18H,4-5,9-10,16H2,1-3H3,(H,17,19). The molecule has 0 radical (unpaired) electrons. The molecule has 4 N–H and O–H groups in total. The summed E-state index contributed by atoms with van der Waals surface area (Å²) in [6.45, 7) is 6.33. The quantitative estimate of drug-likeness (QED) is 0.712. The summed E-state index contributed by atoms with van der Waals surface area (Å²) in [4.78, 5) is 12.2. The van der Waals surface area contributed by atoms with Crippen LogP contribution >= 0.6 is 0 Å². The Morgan fingerprint density at radius 1 is 1.45 bits per heavy atom. The molecular formula is C15H24N2O3. The second kappa shape index (κ2) is 7.26. The monoisotopic (exact) mass is 280 g/mol. The summed E-state index contributed by atoms with van der Waals surface area (Å²) in [5, 5.41) is 12.2. The Morgan fingerprint density at radius 3 is 2.65 bits per heavy atom. The zero-order chi connectivity index (χ0) is 15.2. The summed E-state index contributed by atoms with van der Waals surface area (Å²) < 4.78 is 5.40. The Hall–Kier alpha value is -1.59. The molecule has 1 amide bonds. The van der Waals surface area contributed by atoms with E-state index in [1.807, 2.05) is 20.8 Å². The van der Waals surface area contributed by atoms with E-state index in [9.17, 15) is 9.90 Å². The SMILES string of the molecule is CCOc1ccc(NC(=O)C(C)(CC)CN)cc1CO. The molecule has 0 saturated heterocycles. The summed E-state index contributed by atoms with van der Waals surface area (Å²) in [5.74, 6) is 0.514. The van der Waals surface area contributed by atoms with Gasteiger partial charge in [0.2, 0.25) is 5.91 Å². The van der Waals surface area contributed by atoms with E-state index in [0.717, 1.165) is 0 Å². The lowest BCUT2D eigenvalue weighted by atomic mass is 9.86. The van der Waals surface area contributed by atoms with Gasteiger partial charge in [0.25, 0.3) is 0 Å². The number of aliphatic hydroxyl groups is 1. The van der Waals surface area contributed by atoms with Crippen LogP contribution in [-0.2, 0) is 11.4 Å². The number of benzene rings is 1. The van der Waals surface area contributed by atoms with Crippen molar-refractivity contribution in [3.05, 3.63) is 23.8 Å². The molecule has 0 fully saturated rings. The number of nitrogens with one attached hydrogen (secondary N) is 1. The maximum atomic E-state index is 12.2. The van der Waals surface area contributed by atoms with Crippen molar-refractivity contribution < 1.29 is 14.6 Å². The molecule has 1 rings (SSSR count). The first-order valence-electron chi connectivity index (χ1n) is 6.88. The molecule has 112 valence electrons. The number of carbonyl (C=O) groups is 1. The van der Waals surface area contributed by atoms with Crippen molar-refractivity contribution in [1.82, 2.24) is 0 Å². The van der Waals surface area contributed by atoms with Crippen LogP contribution in [0.15, 0.2) is 18.2 Å². The van der Waals surface area contributed by atoms with Crippen molar-refractivity contribution in [2.45, 2.75) is 33.8 Å². The van der Waals surface area contributed by atoms with Gasteiger partial charge in [0.1, 0.15) is 5.75 Å². The molecule has 20 heavy (non-hydrogen) atoms. The van der Waals surface area contributed by atoms with E-state index in [0.29, 0.717) is 36.6 Å². The Labute approximate surface area is 120 Å². The molecule has 0 aliphatic rings. The van der Waals surface area contributed by atoms with Crippen LogP contribution in [-0.4, -0.2) is 24.2 Å². The van der Waals surface area contributed by atoms with Gasteiger partial charge in [0.05, 0.1) is 18.6 Å². The van der Waals surface area contributed by atoms with E-state index < -0.39 is 5.41 Å². The molecule has 0 aromatic heterocycles. The minimum atomic E-state index is -0.585. The first-order valence-corrected chi connectivity index (χ1v) is 6.88. The molecule has 0 spiro atoms. The van der Waals surface area contributed by atoms with Gasteiger partial charge in [-0.2, -0.15) is 0 Å². The minimum absolute atomic E-state index is 0.115. The zero-order valence-electron chi connectivity index (χ0n) is 12.4. The molecule has 5 heteroatoms. The van der Waals surface area contributed by atoms with E-state index >= 15 is 0 Å². The number of ether oxygens (including phenoxy) is 1. The molecule has 0 aliphatic carbocycles. The first kappa shape index (κ1) is 16.5. The number of carbonyl (C=O) groups excluding carboxylic acids is 1. The molecule has 5 nitrogen and oxygen atoms in total. The minimum Gasteiger partial charge on any atom is -0.494 e. The number of amides is 1. The Morgan fingerprint density at radius 2 is 2.15 bits per heavy atom. The van der Waals surface area contributed by atoms with E-state index in [4.69, 9.17) is 10.5 Å². The van der Waals surface area contributed by atoms with Gasteiger partial charge < -0.3 is 20.9 Å². The Balaban J connectivity index is 2.91. The third-order valence-corrected chi connectivity index (χ3v) is 3.57. The second-order valence-corrected chi connectivity index (χ2v) is 4.99. The average Bonchev–Trinajstić information content (AvgIpc) is 2.47. The maximum absolute atomic E-state index is 12.2. The summed E-state index contributed by atoms with van der Waals surface area (Å²) in [6, 6.07) is 5.22. The highest BCUT2D eigenvalue weighted by molar-refractivity contribution is 5.95. The van der Waals surface area contributed by atoms with Gasteiger partial charge in [-0.3, -0.25) is 4.79 Å². The van der Waals surface area contributed by atoms with Crippen LogP contribution in [0.5, 0.6) is 5.75 Å². The van der Waals surface area contributed by atoms with Crippen LogP contribution in [0.3, 0.4) is 0 Å². The van der Waals surface area contributed by atoms with Gasteiger partial charge in [-0.1, -0.05) is 6.92 Å². The van der Waals surface area contributed by atoms with Crippen molar-refractivity contribution in [3.8, 4) is 5.75 Å². The summed E-state index contributed by atoms with van der Waals surface area (Å²) >= 11 is 0. The third-order valence-electron chi connectivity index (χ3n) is 3.57. The number of anilines is 1. The maximum Gasteiger partial charge on any atom is 0.231 e. The van der Waals surface area contributed by atoms with Crippen LogP contribution in [0.25, 0.3) is 0 Å². The van der Waals surface area contributed by atoms with Gasteiger partial charge in [-0.25, -0.2) is 0 Å². The molecule has 1 aromatic carbocycles. The van der Waals surface area contributed by atoms with Crippen LogP contribution in [0.4, 0.5) is 5.69 Å². The molecular weight excluding hydrogens is 256 g/mol. The molecule has 0 bridgehead atoms. The number of aliphatic hydroxyl groups excluding tert-OH is 1. The highest BCUT2D eigenvalue weighted by Crippen LogP contribution is 2.26. The topological polar surface area (TPSA) is 84.6 Å². The van der Waals surface area contributed by atoms with Crippen LogP contribution in [0.2, 0.25) is 0 Å². The van der Waals surface area contributed by atoms with Gasteiger partial charge >= 0.3 is 0 Å². The molecule has 1 aromatic rings. The highest BCUT2D eigenvalue weighted by atomic mass is 16.5. The van der Waals surface area contributed by atoms with E-state index in [2.05, 4.69) is 5.32 Å². The van der Waals surface area contributed by atoms with Gasteiger partial charge in [-0.15, -0.1) is 0 Å². The number of hydrogen-bond acceptors (Lipinski definition) is 4. The number of rotatable bonds is 7. The normalized spacial score (nSPS) is 13.7. The van der Waals surface area contributed by atoms with E-state index in [1.165, 1.54) is 0 Å². The fraction of sp³-hybridized carbons (Fsp3) is 0.533. The molecule has 1 atom stereocenters. The largest absolute Gasteiger partial charge is 0.494 e. The van der Waals surface area contributed by atoms with Crippen molar-refractivity contribution in [1.29, 1.82) is 0 Å². The lowest BCUT2D eigenvalue weighted by Gasteiger charge is -2.25. The molecule has 0 heterocycles. The third kappa shape index (κ3) is 3.71. The summed E-state index contributed by atoms with van der Waals surface area (Å²) in [6.07, 6.45) is 0.666. The predicted molar refractivity (Wildman–Crippen MR) is 79.6 cm³/mol. The van der Waals surface area contributed by atoms with Crippen molar-refractivity contribution in [2.24, 2.45) is 11.1 Å². The van der Waals surface area contributed by atoms with E-state index in [-0.39, 0.29) is 12.5 Å². The van der Waals surface area contributed by atoms with E-state index in [1.54, 1.807) is 18.2 Å². The Kier molecular flexibility index (Phi) is 5.98. The fourth-order valence-electron chi connectivity index (χ4n) is 1.76. The van der Waals surface area contributed by atoms with Gasteiger partial charge in [0, 0.05) is 17.8 Å². The first-order chi connectivity index (χ1) is 9.50. The lowest BCUT2D eigenvalue weighted by Crippen LogP contribution is -2.39. The predicted octanol–water partition coefficient (Wildman–Crippen LogP) is 1.89. The van der Waals surface area contributed by atoms with Crippen LogP contribution in [0.1, 0.15) is 32.8 Å². The second-order valence-electron chi connectivity index (χ2n) is 4.99. The highest BCUT2D eigenvalue weighted by Gasteiger charge is 2.29. The number of nitrogens with two attached hydrogens (primary N) is 1. The van der Waals surface area contributed by atoms with Gasteiger partial charge in [-0.05, 0) is 38.5 Å². The summed E-state index contributed by atoms with van der Waals surface area (Å²) in [7, 11) is 0. The summed E-state index contributed by atoms with van der Waals surface area (Å²) in [5.41, 5.74) is 6.37. The zero-order valence-corrected chi connectivity index (χ0v) is 12.4. The smallest absolute Gasteiger partial charge is 0.231 e.